The maximum absolute atomic E-state index is 11.5. The number of nitrogens with one attached hydrogen (secondary N) is 1. The molecule has 0 bridgehead atoms. The predicted octanol–water partition coefficient (Wildman–Crippen LogP) is 1.54. The Morgan fingerprint density at radius 3 is 3.12 bits per heavy atom. The van der Waals surface area contributed by atoms with Gasteiger partial charge < -0.3 is 5.32 Å². The van der Waals surface area contributed by atoms with Gasteiger partial charge in [-0.3, -0.25) is 4.79 Å². The first-order valence-corrected chi connectivity index (χ1v) is 6.28. The summed E-state index contributed by atoms with van der Waals surface area (Å²) in [4.78, 5) is 15.7. The molecule has 0 radical (unpaired) electrons. The lowest BCUT2D eigenvalue weighted by atomic mass is 10.4. The summed E-state index contributed by atoms with van der Waals surface area (Å²) in [6.07, 6.45) is 4.11. The monoisotopic (exact) mass is 270 g/mol. The molecule has 0 aliphatic rings. The first-order chi connectivity index (χ1) is 8.18. The van der Waals surface area contributed by atoms with Crippen LogP contribution in [0.5, 0.6) is 0 Å². The molecule has 0 fully saturated rings. The highest BCUT2D eigenvalue weighted by molar-refractivity contribution is 7.09. The third-order valence-electron chi connectivity index (χ3n) is 2.22. The molecule has 17 heavy (non-hydrogen) atoms. The van der Waals surface area contributed by atoms with E-state index in [1.165, 1.54) is 4.68 Å². The van der Waals surface area contributed by atoms with Crippen LogP contribution in [-0.4, -0.2) is 21.3 Å². The van der Waals surface area contributed by atoms with Gasteiger partial charge in [0.05, 0.1) is 16.9 Å². The van der Waals surface area contributed by atoms with Crippen LogP contribution in [0, 0.1) is 0 Å². The van der Waals surface area contributed by atoms with Gasteiger partial charge in [-0.2, -0.15) is 5.10 Å². The lowest BCUT2D eigenvalue weighted by Crippen LogP contribution is -2.21. The van der Waals surface area contributed by atoms with Crippen LogP contribution in [0.2, 0.25) is 5.02 Å². The third-order valence-corrected chi connectivity index (χ3v) is 3.42. The van der Waals surface area contributed by atoms with Crippen LogP contribution in [-0.2, 0) is 13.5 Å². The quantitative estimate of drug-likeness (QED) is 0.916. The second-order valence-electron chi connectivity index (χ2n) is 3.40. The fourth-order valence-electron chi connectivity index (χ4n) is 1.31. The molecule has 2 aromatic rings. The normalized spacial score (nSPS) is 10.5. The molecule has 0 saturated carbocycles. The van der Waals surface area contributed by atoms with Crippen LogP contribution in [0.4, 0.5) is 5.69 Å². The molecule has 0 saturated heterocycles. The molecule has 0 aliphatic heterocycles. The Kier molecular flexibility index (Phi) is 3.75. The summed E-state index contributed by atoms with van der Waals surface area (Å²) < 4.78 is 1.20. The fourth-order valence-corrected chi connectivity index (χ4v) is 2.17. The summed E-state index contributed by atoms with van der Waals surface area (Å²) in [7, 11) is 1.56. The largest absolute Gasteiger partial charge is 0.382 e. The number of hydrogen-bond donors (Lipinski definition) is 1. The minimum Gasteiger partial charge on any atom is -0.382 e. The lowest BCUT2D eigenvalue weighted by Gasteiger charge is -2.07. The summed E-state index contributed by atoms with van der Waals surface area (Å²) in [5.74, 6) is 0. The Morgan fingerprint density at radius 1 is 1.59 bits per heavy atom. The topological polar surface area (TPSA) is 59.8 Å². The molecule has 0 atom stereocenters. The van der Waals surface area contributed by atoms with Crippen molar-refractivity contribution in [1.29, 1.82) is 0 Å². The zero-order valence-electron chi connectivity index (χ0n) is 9.18. The van der Waals surface area contributed by atoms with E-state index in [1.54, 1.807) is 30.8 Å². The van der Waals surface area contributed by atoms with Crippen molar-refractivity contribution >= 4 is 28.6 Å². The van der Waals surface area contributed by atoms with Crippen LogP contribution in [0.15, 0.2) is 22.6 Å². The van der Waals surface area contributed by atoms with E-state index < -0.39 is 0 Å². The van der Waals surface area contributed by atoms with Gasteiger partial charge in [0.25, 0.3) is 5.56 Å². The van der Waals surface area contributed by atoms with Crippen molar-refractivity contribution in [3.05, 3.63) is 38.2 Å². The summed E-state index contributed by atoms with van der Waals surface area (Å²) in [6, 6.07) is 0. The summed E-state index contributed by atoms with van der Waals surface area (Å²) in [6.45, 7) is 0.669. The second kappa shape index (κ2) is 5.29. The number of halogens is 1. The zero-order valence-corrected chi connectivity index (χ0v) is 10.8. The number of thiazole rings is 1. The SMILES string of the molecule is Cn1ncc(NCCc2nccs2)c(Cl)c1=O. The van der Waals surface area contributed by atoms with E-state index in [0.29, 0.717) is 12.2 Å². The summed E-state index contributed by atoms with van der Waals surface area (Å²) in [5.41, 5.74) is 0.261. The van der Waals surface area contributed by atoms with Crippen molar-refractivity contribution in [2.75, 3.05) is 11.9 Å². The molecule has 0 aromatic carbocycles. The van der Waals surface area contributed by atoms with E-state index in [0.717, 1.165) is 11.4 Å². The molecule has 1 N–H and O–H groups in total. The molecule has 7 heteroatoms. The average Bonchev–Trinajstić information content (AvgIpc) is 2.82. The maximum atomic E-state index is 11.5. The van der Waals surface area contributed by atoms with Gasteiger partial charge in [-0.05, 0) is 0 Å². The van der Waals surface area contributed by atoms with Crippen LogP contribution < -0.4 is 10.9 Å². The summed E-state index contributed by atoms with van der Waals surface area (Å²) >= 11 is 7.51. The Morgan fingerprint density at radius 2 is 2.41 bits per heavy atom. The number of rotatable bonds is 4. The minimum atomic E-state index is -0.300. The minimum absolute atomic E-state index is 0.168. The van der Waals surface area contributed by atoms with Crippen LogP contribution in [0.3, 0.4) is 0 Å². The second-order valence-corrected chi connectivity index (χ2v) is 4.76. The molecule has 2 heterocycles. The van der Waals surface area contributed by atoms with E-state index in [1.807, 2.05) is 5.38 Å². The number of hydrogen-bond acceptors (Lipinski definition) is 5. The van der Waals surface area contributed by atoms with Gasteiger partial charge in [0.1, 0.15) is 5.02 Å². The van der Waals surface area contributed by atoms with Gasteiger partial charge in [-0.25, -0.2) is 9.67 Å². The Labute approximate surface area is 107 Å². The van der Waals surface area contributed by atoms with E-state index in [2.05, 4.69) is 15.4 Å². The van der Waals surface area contributed by atoms with Gasteiger partial charge >= 0.3 is 0 Å². The standard InChI is InChI=1S/C10H11ClN4OS/c1-15-10(16)9(11)7(6-14-15)12-3-2-8-13-4-5-17-8/h4-6,12H,2-3H2,1H3. The van der Waals surface area contributed by atoms with Gasteiger partial charge in [-0.1, -0.05) is 11.6 Å². The highest BCUT2D eigenvalue weighted by Gasteiger charge is 2.06. The molecule has 2 rings (SSSR count). The Hall–Kier alpha value is -1.40. The predicted molar refractivity (Wildman–Crippen MR) is 68.8 cm³/mol. The zero-order chi connectivity index (χ0) is 12.3. The fraction of sp³-hybridized carbons (Fsp3) is 0.300. The molecule has 90 valence electrons. The third kappa shape index (κ3) is 2.83. The van der Waals surface area contributed by atoms with E-state index in [9.17, 15) is 4.79 Å². The van der Waals surface area contributed by atoms with Gasteiger partial charge in [0.2, 0.25) is 0 Å². The lowest BCUT2D eigenvalue weighted by molar-refractivity contribution is 0.708. The molecule has 5 nitrogen and oxygen atoms in total. The first-order valence-electron chi connectivity index (χ1n) is 5.02. The van der Waals surface area contributed by atoms with E-state index in [-0.39, 0.29) is 10.6 Å². The first kappa shape index (κ1) is 12.1. The van der Waals surface area contributed by atoms with Gasteiger partial charge in [0.15, 0.2) is 0 Å². The smallest absolute Gasteiger partial charge is 0.287 e. The number of aryl methyl sites for hydroxylation is 1. The Bertz CT molecular complexity index is 552. The van der Waals surface area contributed by atoms with Crippen molar-refractivity contribution in [2.45, 2.75) is 6.42 Å². The van der Waals surface area contributed by atoms with Crippen molar-refractivity contribution in [3.8, 4) is 0 Å². The highest BCUT2D eigenvalue weighted by Crippen LogP contribution is 2.15. The summed E-state index contributed by atoms with van der Waals surface area (Å²) in [5, 5.41) is 10.1. The molecule has 0 aliphatic carbocycles. The molecular weight excluding hydrogens is 260 g/mol. The number of aromatic nitrogens is 3. The van der Waals surface area contributed by atoms with Crippen LogP contribution >= 0.6 is 22.9 Å². The molecule has 2 aromatic heterocycles. The van der Waals surface area contributed by atoms with E-state index >= 15 is 0 Å². The molecule has 0 unspecified atom stereocenters. The van der Waals surface area contributed by atoms with Crippen molar-refractivity contribution in [1.82, 2.24) is 14.8 Å². The molecule has 0 amide bonds. The average molecular weight is 271 g/mol. The van der Waals surface area contributed by atoms with Gasteiger partial charge in [0, 0.05) is 31.6 Å². The van der Waals surface area contributed by atoms with Crippen molar-refractivity contribution < 1.29 is 0 Å². The van der Waals surface area contributed by atoms with Crippen molar-refractivity contribution in [2.24, 2.45) is 7.05 Å². The number of anilines is 1. The van der Waals surface area contributed by atoms with Crippen LogP contribution in [0.1, 0.15) is 5.01 Å². The van der Waals surface area contributed by atoms with Crippen molar-refractivity contribution in [3.63, 3.8) is 0 Å². The van der Waals surface area contributed by atoms with Crippen LogP contribution in [0.25, 0.3) is 0 Å². The highest BCUT2D eigenvalue weighted by atomic mass is 35.5. The van der Waals surface area contributed by atoms with E-state index in [4.69, 9.17) is 11.6 Å². The maximum Gasteiger partial charge on any atom is 0.287 e. The molecule has 0 spiro atoms. The number of nitrogens with zero attached hydrogens (tertiary/aromatic N) is 3. The molecular formula is C10H11ClN4OS. The van der Waals surface area contributed by atoms with Gasteiger partial charge in [-0.15, -0.1) is 11.3 Å². The Balaban J connectivity index is 2.00.